The van der Waals surface area contributed by atoms with Crippen LogP contribution >= 0.6 is 0 Å². The van der Waals surface area contributed by atoms with E-state index in [2.05, 4.69) is 4.90 Å². The fraction of sp³-hybridized carbons (Fsp3) is 0.632. The van der Waals surface area contributed by atoms with Crippen molar-refractivity contribution in [1.82, 2.24) is 9.80 Å². The first-order valence-electron chi connectivity index (χ1n) is 9.00. The van der Waals surface area contributed by atoms with Crippen LogP contribution in [0.5, 0.6) is 5.75 Å². The number of likely N-dealkylation sites (tertiary alicyclic amines) is 1. The second kappa shape index (κ2) is 8.65. The van der Waals surface area contributed by atoms with Crippen molar-refractivity contribution in [2.45, 2.75) is 31.7 Å². The van der Waals surface area contributed by atoms with Gasteiger partial charge in [-0.15, -0.1) is 0 Å². The zero-order valence-corrected chi connectivity index (χ0v) is 15.1. The first-order valence-corrected chi connectivity index (χ1v) is 9.00. The molecule has 2 saturated heterocycles. The fourth-order valence-corrected chi connectivity index (χ4v) is 3.40. The van der Waals surface area contributed by atoms with Gasteiger partial charge >= 0.3 is 0 Å². The van der Waals surface area contributed by atoms with Crippen LogP contribution in [0.4, 0.5) is 0 Å². The van der Waals surface area contributed by atoms with Crippen molar-refractivity contribution in [2.75, 3.05) is 46.9 Å². The average Bonchev–Trinajstić information content (AvgIpc) is 2.66. The lowest BCUT2D eigenvalue weighted by atomic mass is 10.1. The Morgan fingerprint density at radius 1 is 1.24 bits per heavy atom. The van der Waals surface area contributed by atoms with Crippen LogP contribution in [0.15, 0.2) is 24.3 Å². The van der Waals surface area contributed by atoms with Gasteiger partial charge in [0, 0.05) is 31.7 Å². The number of piperidine rings is 1. The minimum Gasteiger partial charge on any atom is -0.496 e. The van der Waals surface area contributed by atoms with Gasteiger partial charge in [-0.2, -0.15) is 0 Å². The zero-order valence-electron chi connectivity index (χ0n) is 15.1. The smallest absolute Gasteiger partial charge is 0.253 e. The molecule has 3 rings (SSSR count). The number of methoxy groups -OCH3 is 1. The van der Waals surface area contributed by atoms with Crippen LogP contribution < -0.4 is 4.74 Å². The number of hydrogen-bond donors (Lipinski definition) is 0. The van der Waals surface area contributed by atoms with Crippen molar-refractivity contribution < 1.29 is 19.0 Å². The molecule has 1 amide bonds. The Morgan fingerprint density at radius 3 is 2.72 bits per heavy atom. The molecule has 1 atom stereocenters. The number of morpholine rings is 1. The van der Waals surface area contributed by atoms with Crippen LogP contribution in [0.1, 0.15) is 18.4 Å². The van der Waals surface area contributed by atoms with Gasteiger partial charge < -0.3 is 24.0 Å². The van der Waals surface area contributed by atoms with E-state index < -0.39 is 0 Å². The SMILES string of the molecule is COc1ccccc1COC1CCN(C(=O)[C@H]2CN(C)CCO2)CC1. The van der Waals surface area contributed by atoms with Crippen molar-refractivity contribution in [3.05, 3.63) is 29.8 Å². The Labute approximate surface area is 149 Å². The molecule has 0 aromatic heterocycles. The molecule has 25 heavy (non-hydrogen) atoms. The third kappa shape index (κ3) is 4.71. The number of carbonyl (C=O) groups excluding carboxylic acids is 1. The van der Waals surface area contributed by atoms with Gasteiger partial charge in [-0.25, -0.2) is 0 Å². The molecule has 1 aromatic rings. The maximum absolute atomic E-state index is 12.6. The lowest BCUT2D eigenvalue weighted by molar-refractivity contribution is -0.151. The lowest BCUT2D eigenvalue weighted by Gasteiger charge is -2.36. The monoisotopic (exact) mass is 348 g/mol. The van der Waals surface area contributed by atoms with Crippen molar-refractivity contribution in [2.24, 2.45) is 0 Å². The highest BCUT2D eigenvalue weighted by atomic mass is 16.5. The minimum atomic E-state index is -0.315. The Hall–Kier alpha value is -1.63. The number of hydrogen-bond acceptors (Lipinski definition) is 5. The van der Waals surface area contributed by atoms with Crippen molar-refractivity contribution in [3.63, 3.8) is 0 Å². The fourth-order valence-electron chi connectivity index (χ4n) is 3.40. The second-order valence-corrected chi connectivity index (χ2v) is 6.77. The topological polar surface area (TPSA) is 51.2 Å². The van der Waals surface area contributed by atoms with Gasteiger partial charge in [0.25, 0.3) is 5.91 Å². The van der Waals surface area contributed by atoms with Gasteiger partial charge in [0.2, 0.25) is 0 Å². The number of para-hydroxylation sites is 1. The molecule has 2 aliphatic rings. The lowest BCUT2D eigenvalue weighted by Crippen LogP contribution is -2.52. The summed E-state index contributed by atoms with van der Waals surface area (Å²) in [6, 6.07) is 7.91. The molecule has 0 unspecified atom stereocenters. The summed E-state index contributed by atoms with van der Waals surface area (Å²) < 4.78 is 17.0. The maximum Gasteiger partial charge on any atom is 0.253 e. The summed E-state index contributed by atoms with van der Waals surface area (Å²) in [6.45, 7) is 4.22. The van der Waals surface area contributed by atoms with Gasteiger partial charge in [0.1, 0.15) is 11.9 Å². The molecule has 2 heterocycles. The van der Waals surface area contributed by atoms with Crippen LogP contribution in [0.3, 0.4) is 0 Å². The number of ether oxygens (including phenoxy) is 3. The van der Waals surface area contributed by atoms with Gasteiger partial charge in [-0.1, -0.05) is 18.2 Å². The van der Waals surface area contributed by atoms with Crippen LogP contribution in [-0.4, -0.2) is 74.9 Å². The molecule has 0 N–H and O–H groups in total. The van der Waals surface area contributed by atoms with E-state index in [0.29, 0.717) is 19.8 Å². The summed E-state index contributed by atoms with van der Waals surface area (Å²) in [6.07, 6.45) is 1.60. The van der Waals surface area contributed by atoms with E-state index in [9.17, 15) is 4.79 Å². The minimum absolute atomic E-state index is 0.120. The summed E-state index contributed by atoms with van der Waals surface area (Å²) in [5.74, 6) is 0.975. The van der Waals surface area contributed by atoms with E-state index in [1.807, 2.05) is 36.2 Å². The molecule has 138 valence electrons. The number of benzene rings is 1. The Morgan fingerprint density at radius 2 is 2.00 bits per heavy atom. The maximum atomic E-state index is 12.6. The standard InChI is InChI=1S/C19H28N2O4/c1-20-11-12-24-18(13-20)19(22)21-9-7-16(8-10-21)25-14-15-5-3-4-6-17(15)23-2/h3-6,16,18H,7-14H2,1-2H3/t18-/m1/s1. The van der Waals surface area contributed by atoms with Crippen LogP contribution in [0.25, 0.3) is 0 Å². The number of likely N-dealkylation sites (N-methyl/N-ethyl adjacent to an activating group) is 1. The van der Waals surface area contributed by atoms with Crippen molar-refractivity contribution in [1.29, 1.82) is 0 Å². The zero-order chi connectivity index (χ0) is 17.6. The highest BCUT2D eigenvalue weighted by Crippen LogP contribution is 2.22. The highest BCUT2D eigenvalue weighted by Gasteiger charge is 2.31. The summed E-state index contributed by atoms with van der Waals surface area (Å²) in [4.78, 5) is 16.7. The third-order valence-corrected chi connectivity index (χ3v) is 4.97. The van der Waals surface area contributed by atoms with Gasteiger partial charge in [-0.05, 0) is 26.0 Å². The molecule has 0 radical (unpaired) electrons. The van der Waals surface area contributed by atoms with Gasteiger partial charge in [0.05, 0.1) is 26.4 Å². The molecular formula is C19H28N2O4. The number of amides is 1. The number of carbonyl (C=O) groups is 1. The predicted molar refractivity (Wildman–Crippen MR) is 94.6 cm³/mol. The largest absolute Gasteiger partial charge is 0.496 e. The average molecular weight is 348 g/mol. The molecule has 6 heteroatoms. The van der Waals surface area contributed by atoms with Gasteiger partial charge in [-0.3, -0.25) is 4.79 Å². The highest BCUT2D eigenvalue weighted by molar-refractivity contribution is 5.81. The first kappa shape index (κ1) is 18.2. The first-order chi connectivity index (χ1) is 12.2. The summed E-state index contributed by atoms with van der Waals surface area (Å²) in [7, 11) is 3.70. The molecule has 0 bridgehead atoms. The molecule has 6 nitrogen and oxygen atoms in total. The normalized spacial score (nSPS) is 22.8. The summed E-state index contributed by atoms with van der Waals surface area (Å²) >= 11 is 0. The molecule has 0 spiro atoms. The number of rotatable bonds is 5. The Bertz CT molecular complexity index is 572. The van der Waals surface area contributed by atoms with Crippen LogP contribution in [0, 0.1) is 0 Å². The predicted octanol–water partition coefficient (Wildman–Crippen LogP) is 1.53. The third-order valence-electron chi connectivity index (χ3n) is 4.97. The van der Waals surface area contributed by atoms with E-state index in [1.54, 1.807) is 7.11 Å². The van der Waals surface area contributed by atoms with E-state index >= 15 is 0 Å². The van der Waals surface area contributed by atoms with E-state index in [0.717, 1.165) is 43.8 Å². The molecule has 1 aromatic carbocycles. The number of nitrogens with zero attached hydrogens (tertiary/aromatic N) is 2. The molecular weight excluding hydrogens is 320 g/mol. The van der Waals surface area contributed by atoms with Crippen molar-refractivity contribution >= 4 is 5.91 Å². The second-order valence-electron chi connectivity index (χ2n) is 6.77. The van der Waals surface area contributed by atoms with Gasteiger partial charge in [0.15, 0.2) is 0 Å². The molecule has 0 aliphatic carbocycles. The van der Waals surface area contributed by atoms with Crippen LogP contribution in [0.2, 0.25) is 0 Å². The molecule has 2 fully saturated rings. The van der Waals surface area contributed by atoms with Crippen molar-refractivity contribution in [3.8, 4) is 5.75 Å². The Balaban J connectivity index is 1.44. The van der Waals surface area contributed by atoms with E-state index in [1.165, 1.54) is 0 Å². The van der Waals surface area contributed by atoms with Crippen LogP contribution in [-0.2, 0) is 20.9 Å². The molecule has 2 aliphatic heterocycles. The Kier molecular flexibility index (Phi) is 6.29. The van der Waals surface area contributed by atoms with E-state index in [4.69, 9.17) is 14.2 Å². The quantitative estimate of drug-likeness (QED) is 0.808. The van der Waals surface area contributed by atoms with E-state index in [-0.39, 0.29) is 18.1 Å². The summed E-state index contributed by atoms with van der Waals surface area (Å²) in [5.41, 5.74) is 1.06. The molecule has 0 saturated carbocycles. The summed E-state index contributed by atoms with van der Waals surface area (Å²) in [5, 5.41) is 0.